The molecule has 2 N–H and O–H groups in total. The van der Waals surface area contributed by atoms with Gasteiger partial charge in [0.25, 0.3) is 0 Å². The van der Waals surface area contributed by atoms with Crippen LogP contribution in [0.2, 0.25) is 0 Å². The van der Waals surface area contributed by atoms with Gasteiger partial charge in [-0.3, -0.25) is 0 Å². The van der Waals surface area contributed by atoms with Crippen molar-refractivity contribution in [2.24, 2.45) is 5.41 Å². The van der Waals surface area contributed by atoms with Crippen LogP contribution in [0.25, 0.3) is 0 Å². The molecule has 0 unspecified atom stereocenters. The second-order valence-electron chi connectivity index (χ2n) is 6.40. The van der Waals surface area contributed by atoms with Crippen LogP contribution >= 0.6 is 0 Å². The van der Waals surface area contributed by atoms with E-state index in [1.807, 2.05) is 13.0 Å². The minimum atomic E-state index is -0.372. The highest BCUT2D eigenvalue weighted by Crippen LogP contribution is 2.33. The molecular weight excluding hydrogens is 252 g/mol. The Morgan fingerprint density at radius 1 is 1.40 bits per heavy atom. The first-order valence-corrected chi connectivity index (χ1v) is 7.07. The molecule has 1 aromatic rings. The van der Waals surface area contributed by atoms with Crippen LogP contribution in [0.5, 0.6) is 0 Å². The topological polar surface area (TPSA) is 55.6 Å². The van der Waals surface area contributed by atoms with Gasteiger partial charge in [-0.15, -0.1) is 0 Å². The summed E-state index contributed by atoms with van der Waals surface area (Å²) in [6.07, 6.45) is 2.41. The summed E-state index contributed by atoms with van der Waals surface area (Å²) in [6.45, 7) is 8.51. The van der Waals surface area contributed by atoms with Crippen molar-refractivity contribution in [1.29, 1.82) is 0 Å². The monoisotopic (exact) mass is 276 g/mol. The first-order valence-electron chi connectivity index (χ1n) is 7.07. The number of nitrogens with zero attached hydrogens (tertiary/aromatic N) is 1. The molecule has 0 aromatic heterocycles. The molecule has 4 nitrogen and oxygen atoms in total. The van der Waals surface area contributed by atoms with Crippen LogP contribution in [-0.4, -0.2) is 26.2 Å². The van der Waals surface area contributed by atoms with Crippen LogP contribution in [-0.2, 0) is 4.74 Å². The van der Waals surface area contributed by atoms with Crippen molar-refractivity contribution in [3.8, 4) is 0 Å². The van der Waals surface area contributed by atoms with Gasteiger partial charge in [0.1, 0.15) is 0 Å². The minimum Gasteiger partial charge on any atom is -0.465 e. The zero-order chi connectivity index (χ0) is 14.9. The molecule has 0 bridgehead atoms. The Hall–Kier alpha value is -1.71. The van der Waals surface area contributed by atoms with Crippen LogP contribution in [0, 0.1) is 12.3 Å². The van der Waals surface area contributed by atoms with E-state index in [2.05, 4.69) is 24.8 Å². The molecule has 0 atom stereocenters. The minimum absolute atomic E-state index is 0.305. The maximum Gasteiger partial charge on any atom is 0.340 e. The van der Waals surface area contributed by atoms with Crippen molar-refractivity contribution in [2.45, 2.75) is 33.6 Å². The summed E-state index contributed by atoms with van der Waals surface area (Å²) in [5.41, 5.74) is 9.25. The highest BCUT2D eigenvalue weighted by atomic mass is 16.5. The smallest absolute Gasteiger partial charge is 0.340 e. The lowest BCUT2D eigenvalue weighted by Crippen LogP contribution is -2.40. The number of rotatable bonds is 2. The van der Waals surface area contributed by atoms with E-state index in [9.17, 15) is 4.79 Å². The molecule has 1 fully saturated rings. The fraction of sp³-hybridized carbons (Fsp3) is 0.562. The summed E-state index contributed by atoms with van der Waals surface area (Å²) < 4.78 is 4.82. The van der Waals surface area contributed by atoms with E-state index >= 15 is 0 Å². The zero-order valence-electron chi connectivity index (χ0n) is 12.8. The van der Waals surface area contributed by atoms with Gasteiger partial charge < -0.3 is 15.4 Å². The molecular formula is C16H24N2O2. The van der Waals surface area contributed by atoms with Crippen LogP contribution < -0.4 is 10.6 Å². The van der Waals surface area contributed by atoms with Gasteiger partial charge in [0.2, 0.25) is 0 Å². The van der Waals surface area contributed by atoms with Gasteiger partial charge in [-0.25, -0.2) is 4.79 Å². The molecule has 1 heterocycles. The second kappa shape index (κ2) is 5.35. The number of nitrogens with two attached hydrogens (primary N) is 1. The molecule has 0 spiro atoms. The van der Waals surface area contributed by atoms with E-state index in [0.29, 0.717) is 16.7 Å². The van der Waals surface area contributed by atoms with Crippen molar-refractivity contribution in [3.63, 3.8) is 0 Å². The standard InChI is InChI=1S/C16H24N2O2/c1-11-8-12(9-13(14(11)17)15(19)20-4)18-7-5-6-16(2,3)10-18/h8-9H,5-7,10,17H2,1-4H3. The van der Waals surface area contributed by atoms with Crippen molar-refractivity contribution >= 4 is 17.3 Å². The van der Waals surface area contributed by atoms with Gasteiger partial charge >= 0.3 is 5.97 Å². The fourth-order valence-corrected chi connectivity index (χ4v) is 2.88. The van der Waals surface area contributed by atoms with Gasteiger partial charge in [-0.2, -0.15) is 0 Å². The van der Waals surface area contributed by atoms with Gasteiger partial charge in [-0.05, 0) is 42.9 Å². The largest absolute Gasteiger partial charge is 0.465 e. The van der Waals surface area contributed by atoms with Crippen molar-refractivity contribution in [1.82, 2.24) is 0 Å². The van der Waals surface area contributed by atoms with E-state index in [1.165, 1.54) is 20.0 Å². The number of carbonyl (C=O) groups is 1. The van der Waals surface area contributed by atoms with E-state index in [4.69, 9.17) is 10.5 Å². The van der Waals surface area contributed by atoms with Gasteiger partial charge in [0.05, 0.1) is 12.7 Å². The first kappa shape index (κ1) is 14.7. The number of carbonyl (C=O) groups excluding carboxylic acids is 1. The summed E-state index contributed by atoms with van der Waals surface area (Å²) in [5.74, 6) is -0.372. The quantitative estimate of drug-likeness (QED) is 0.666. The number of benzene rings is 1. The highest BCUT2D eigenvalue weighted by Gasteiger charge is 2.27. The predicted molar refractivity (Wildman–Crippen MR) is 82.2 cm³/mol. The molecule has 0 aliphatic carbocycles. The Morgan fingerprint density at radius 3 is 2.70 bits per heavy atom. The summed E-state index contributed by atoms with van der Waals surface area (Å²) in [7, 11) is 1.38. The maximum absolute atomic E-state index is 11.8. The molecule has 4 heteroatoms. The predicted octanol–water partition coefficient (Wildman–Crippen LogP) is 2.99. The van der Waals surface area contributed by atoms with Crippen LogP contribution in [0.4, 0.5) is 11.4 Å². The lowest BCUT2D eigenvalue weighted by Gasteiger charge is -2.39. The van der Waals surface area contributed by atoms with Crippen LogP contribution in [0.15, 0.2) is 12.1 Å². The maximum atomic E-state index is 11.8. The lowest BCUT2D eigenvalue weighted by atomic mass is 9.84. The third-order valence-electron chi connectivity index (χ3n) is 4.04. The Bertz CT molecular complexity index is 523. The molecule has 2 rings (SSSR count). The summed E-state index contributed by atoms with van der Waals surface area (Å²) in [5, 5.41) is 0. The Morgan fingerprint density at radius 2 is 2.10 bits per heavy atom. The molecule has 0 radical (unpaired) electrons. The Balaban J connectivity index is 2.37. The van der Waals surface area contributed by atoms with E-state index in [1.54, 1.807) is 0 Å². The molecule has 1 saturated heterocycles. The summed E-state index contributed by atoms with van der Waals surface area (Å²) in [6, 6.07) is 3.92. The Labute approximate surface area is 120 Å². The average molecular weight is 276 g/mol. The number of ether oxygens (including phenoxy) is 1. The SMILES string of the molecule is COC(=O)c1cc(N2CCCC(C)(C)C2)cc(C)c1N. The summed E-state index contributed by atoms with van der Waals surface area (Å²) in [4.78, 5) is 14.2. The third-order valence-corrected chi connectivity index (χ3v) is 4.04. The van der Waals surface area contributed by atoms with Crippen molar-refractivity contribution in [3.05, 3.63) is 23.3 Å². The zero-order valence-corrected chi connectivity index (χ0v) is 12.8. The normalized spacial score (nSPS) is 17.9. The fourth-order valence-electron chi connectivity index (χ4n) is 2.88. The number of anilines is 2. The van der Waals surface area contributed by atoms with Gasteiger partial charge in [0, 0.05) is 24.5 Å². The molecule has 1 aliphatic rings. The molecule has 110 valence electrons. The summed E-state index contributed by atoms with van der Waals surface area (Å²) >= 11 is 0. The highest BCUT2D eigenvalue weighted by molar-refractivity contribution is 5.97. The molecule has 0 amide bonds. The van der Waals surface area contributed by atoms with Crippen molar-refractivity contribution < 1.29 is 9.53 Å². The number of aryl methyl sites for hydroxylation is 1. The van der Waals surface area contributed by atoms with Crippen LogP contribution in [0.3, 0.4) is 0 Å². The molecule has 0 saturated carbocycles. The third kappa shape index (κ3) is 2.89. The van der Waals surface area contributed by atoms with Crippen molar-refractivity contribution in [2.75, 3.05) is 30.8 Å². The number of esters is 1. The molecule has 1 aromatic carbocycles. The second-order valence-corrected chi connectivity index (χ2v) is 6.40. The lowest BCUT2D eigenvalue weighted by molar-refractivity contribution is 0.0602. The number of piperidine rings is 1. The molecule has 20 heavy (non-hydrogen) atoms. The van der Waals surface area contributed by atoms with E-state index in [-0.39, 0.29) is 5.97 Å². The molecule has 1 aliphatic heterocycles. The number of hydrogen-bond acceptors (Lipinski definition) is 4. The van der Waals surface area contributed by atoms with Crippen LogP contribution in [0.1, 0.15) is 42.6 Å². The average Bonchev–Trinajstić information content (AvgIpc) is 2.39. The first-order chi connectivity index (χ1) is 9.34. The Kier molecular flexibility index (Phi) is 3.93. The van der Waals surface area contributed by atoms with E-state index < -0.39 is 0 Å². The van der Waals surface area contributed by atoms with Gasteiger partial charge in [0.15, 0.2) is 0 Å². The van der Waals surface area contributed by atoms with Gasteiger partial charge in [-0.1, -0.05) is 13.8 Å². The number of nitrogen functional groups attached to an aromatic ring is 1. The number of hydrogen-bond donors (Lipinski definition) is 1. The van der Waals surface area contributed by atoms with E-state index in [0.717, 1.165) is 24.3 Å². The number of methoxy groups -OCH3 is 1.